The van der Waals surface area contributed by atoms with Crippen molar-refractivity contribution in [2.75, 3.05) is 33.5 Å². The largest absolute Gasteiger partial charge is 0.462 e. The van der Waals surface area contributed by atoms with E-state index in [2.05, 4.69) is 12.6 Å². The summed E-state index contributed by atoms with van der Waals surface area (Å²) < 4.78 is 15.3. The molecule has 0 radical (unpaired) electrons. The summed E-state index contributed by atoms with van der Waals surface area (Å²) in [5, 5.41) is -0.439. The number of methoxy groups -OCH3 is 1. The molecule has 0 saturated heterocycles. The number of hydrogen-bond donors (Lipinski definition) is 1. The number of rotatable bonds is 10. The summed E-state index contributed by atoms with van der Waals surface area (Å²) in [4.78, 5) is 11.7. The van der Waals surface area contributed by atoms with Crippen LogP contribution in [0.15, 0.2) is 30.3 Å². The molecule has 0 saturated carbocycles. The summed E-state index contributed by atoms with van der Waals surface area (Å²) in [6.45, 7) is 1.95. The highest BCUT2D eigenvalue weighted by molar-refractivity contribution is 7.81. The second-order valence-corrected chi connectivity index (χ2v) is 4.96. The maximum Gasteiger partial charge on any atom is 0.319 e. The zero-order chi connectivity index (χ0) is 14.6. The van der Waals surface area contributed by atoms with Gasteiger partial charge in [0.15, 0.2) is 0 Å². The van der Waals surface area contributed by atoms with Crippen molar-refractivity contribution in [1.82, 2.24) is 0 Å². The van der Waals surface area contributed by atoms with Gasteiger partial charge in [0.25, 0.3) is 0 Å². The van der Waals surface area contributed by atoms with Gasteiger partial charge >= 0.3 is 5.97 Å². The van der Waals surface area contributed by atoms with Crippen LogP contribution in [0.25, 0.3) is 0 Å². The third-order valence-corrected chi connectivity index (χ3v) is 3.05. The Morgan fingerprint density at radius 3 is 2.60 bits per heavy atom. The summed E-state index contributed by atoms with van der Waals surface area (Å²) in [5.41, 5.74) is 1.07. The Kier molecular flexibility index (Phi) is 9.11. The summed E-state index contributed by atoms with van der Waals surface area (Å²) in [7, 11) is 1.65. The molecule has 0 aromatic heterocycles. The molecule has 1 aromatic carbocycles. The van der Waals surface area contributed by atoms with Gasteiger partial charge in [0.2, 0.25) is 0 Å². The third-order valence-electron chi connectivity index (χ3n) is 2.65. The molecule has 1 atom stereocenters. The Balaban J connectivity index is 2.10. The van der Waals surface area contributed by atoms with Crippen molar-refractivity contribution in [3.8, 4) is 0 Å². The average Bonchev–Trinajstić information content (AvgIpc) is 2.47. The first-order valence-corrected chi connectivity index (χ1v) is 7.21. The molecular weight excluding hydrogens is 276 g/mol. The number of carbonyl (C=O) groups excluding carboxylic acids is 1. The van der Waals surface area contributed by atoms with E-state index in [0.717, 1.165) is 12.0 Å². The molecule has 1 aromatic rings. The van der Waals surface area contributed by atoms with Crippen LogP contribution in [-0.4, -0.2) is 44.8 Å². The normalized spacial score (nSPS) is 12.1. The van der Waals surface area contributed by atoms with Gasteiger partial charge in [0.05, 0.1) is 6.61 Å². The Morgan fingerprint density at radius 2 is 1.90 bits per heavy atom. The lowest BCUT2D eigenvalue weighted by Gasteiger charge is -2.11. The van der Waals surface area contributed by atoms with Gasteiger partial charge in [0.1, 0.15) is 11.9 Å². The van der Waals surface area contributed by atoms with Gasteiger partial charge in [-0.3, -0.25) is 4.79 Å². The van der Waals surface area contributed by atoms with Crippen LogP contribution in [-0.2, 0) is 25.4 Å². The highest BCUT2D eigenvalue weighted by Crippen LogP contribution is 2.09. The summed E-state index contributed by atoms with van der Waals surface area (Å²) >= 11 is 4.28. The van der Waals surface area contributed by atoms with Gasteiger partial charge in [-0.25, -0.2) is 0 Å². The van der Waals surface area contributed by atoms with Gasteiger partial charge in [0, 0.05) is 20.3 Å². The van der Waals surface area contributed by atoms with Crippen LogP contribution >= 0.6 is 12.6 Å². The fourth-order valence-electron chi connectivity index (χ4n) is 1.63. The zero-order valence-corrected chi connectivity index (χ0v) is 12.7. The number of ether oxygens (including phenoxy) is 3. The van der Waals surface area contributed by atoms with Crippen molar-refractivity contribution in [2.24, 2.45) is 0 Å². The SMILES string of the molecule is COCCCOCCOC(=O)C(S)Cc1ccccc1. The zero-order valence-electron chi connectivity index (χ0n) is 11.8. The first-order chi connectivity index (χ1) is 9.74. The van der Waals surface area contributed by atoms with Gasteiger partial charge in [-0.15, -0.1) is 0 Å². The van der Waals surface area contributed by atoms with E-state index in [0.29, 0.717) is 26.2 Å². The molecule has 4 nitrogen and oxygen atoms in total. The minimum atomic E-state index is -0.439. The van der Waals surface area contributed by atoms with Crippen LogP contribution in [0.1, 0.15) is 12.0 Å². The highest BCUT2D eigenvalue weighted by atomic mass is 32.1. The summed E-state index contributed by atoms with van der Waals surface area (Å²) in [6.07, 6.45) is 1.41. The first kappa shape index (κ1) is 17.0. The van der Waals surface area contributed by atoms with E-state index in [4.69, 9.17) is 14.2 Å². The lowest BCUT2D eigenvalue weighted by Crippen LogP contribution is -2.22. The van der Waals surface area contributed by atoms with E-state index >= 15 is 0 Å². The second-order valence-electron chi connectivity index (χ2n) is 4.33. The first-order valence-electron chi connectivity index (χ1n) is 6.69. The molecule has 0 aliphatic rings. The predicted octanol–water partition coefficient (Wildman–Crippen LogP) is 2.12. The molecule has 112 valence electrons. The van der Waals surface area contributed by atoms with Gasteiger partial charge in [-0.1, -0.05) is 30.3 Å². The van der Waals surface area contributed by atoms with Crippen molar-refractivity contribution in [3.63, 3.8) is 0 Å². The number of thiol groups is 1. The summed E-state index contributed by atoms with van der Waals surface area (Å²) in [5.74, 6) is -0.308. The van der Waals surface area contributed by atoms with E-state index in [9.17, 15) is 4.79 Å². The fraction of sp³-hybridized carbons (Fsp3) is 0.533. The Morgan fingerprint density at radius 1 is 1.15 bits per heavy atom. The number of hydrogen-bond acceptors (Lipinski definition) is 5. The van der Waals surface area contributed by atoms with E-state index in [-0.39, 0.29) is 12.6 Å². The maximum atomic E-state index is 11.7. The van der Waals surface area contributed by atoms with Gasteiger partial charge < -0.3 is 14.2 Å². The standard InChI is InChI=1S/C15H22O4S/c1-17-8-5-9-18-10-11-19-15(16)14(20)12-13-6-3-2-4-7-13/h2-4,6-7,14,20H,5,8-12H2,1H3. The molecule has 0 N–H and O–H groups in total. The monoisotopic (exact) mass is 298 g/mol. The lowest BCUT2D eigenvalue weighted by atomic mass is 10.1. The molecule has 20 heavy (non-hydrogen) atoms. The molecule has 5 heteroatoms. The van der Waals surface area contributed by atoms with Gasteiger partial charge in [-0.2, -0.15) is 12.6 Å². The van der Waals surface area contributed by atoms with E-state index in [1.807, 2.05) is 30.3 Å². The molecule has 1 rings (SSSR count). The van der Waals surface area contributed by atoms with E-state index in [1.54, 1.807) is 7.11 Å². The van der Waals surface area contributed by atoms with Crippen LogP contribution in [0.3, 0.4) is 0 Å². The Hall–Kier alpha value is -1.04. The average molecular weight is 298 g/mol. The minimum absolute atomic E-state index is 0.262. The van der Waals surface area contributed by atoms with E-state index < -0.39 is 5.25 Å². The fourth-order valence-corrected chi connectivity index (χ4v) is 1.91. The lowest BCUT2D eigenvalue weighted by molar-refractivity contribution is -0.144. The number of esters is 1. The molecule has 0 fully saturated rings. The predicted molar refractivity (Wildman–Crippen MR) is 81.2 cm³/mol. The molecule has 0 spiro atoms. The van der Waals surface area contributed by atoms with Crippen molar-refractivity contribution in [2.45, 2.75) is 18.1 Å². The van der Waals surface area contributed by atoms with Crippen molar-refractivity contribution >= 4 is 18.6 Å². The quantitative estimate of drug-likeness (QED) is 0.408. The topological polar surface area (TPSA) is 44.8 Å². The van der Waals surface area contributed by atoms with Crippen LogP contribution in [0.4, 0.5) is 0 Å². The molecular formula is C15H22O4S. The van der Waals surface area contributed by atoms with Gasteiger partial charge in [-0.05, 0) is 18.4 Å². The van der Waals surface area contributed by atoms with Crippen molar-refractivity contribution in [1.29, 1.82) is 0 Å². The van der Waals surface area contributed by atoms with Crippen molar-refractivity contribution < 1.29 is 19.0 Å². The Bertz CT molecular complexity index is 369. The number of benzene rings is 1. The molecule has 0 aliphatic heterocycles. The molecule has 0 bridgehead atoms. The minimum Gasteiger partial charge on any atom is -0.462 e. The molecule has 0 amide bonds. The second kappa shape index (κ2) is 10.7. The van der Waals surface area contributed by atoms with E-state index in [1.165, 1.54) is 0 Å². The Labute approximate surface area is 125 Å². The van der Waals surface area contributed by atoms with Crippen molar-refractivity contribution in [3.05, 3.63) is 35.9 Å². The van der Waals surface area contributed by atoms with Crippen LogP contribution in [0.5, 0.6) is 0 Å². The maximum absolute atomic E-state index is 11.7. The van der Waals surface area contributed by atoms with Crippen LogP contribution in [0, 0.1) is 0 Å². The summed E-state index contributed by atoms with van der Waals surface area (Å²) in [6, 6.07) is 9.76. The molecule has 0 heterocycles. The third kappa shape index (κ3) is 7.53. The molecule has 1 unspecified atom stereocenters. The van der Waals surface area contributed by atoms with Crippen LogP contribution in [0.2, 0.25) is 0 Å². The van der Waals surface area contributed by atoms with Crippen LogP contribution < -0.4 is 0 Å². The highest BCUT2D eigenvalue weighted by Gasteiger charge is 2.15. The smallest absolute Gasteiger partial charge is 0.319 e. The molecule has 0 aliphatic carbocycles. The number of carbonyl (C=O) groups is 1.